The van der Waals surface area contributed by atoms with Gasteiger partial charge in [-0.05, 0) is 18.2 Å². The van der Waals surface area contributed by atoms with E-state index in [2.05, 4.69) is 30.1 Å². The number of piperazine rings is 1. The van der Waals surface area contributed by atoms with Crippen LogP contribution in [0.2, 0.25) is 0 Å². The maximum Gasteiger partial charge on any atom is 0.238 e. The monoisotopic (exact) mass is 313 g/mol. The Balaban J connectivity index is 1.58. The van der Waals surface area contributed by atoms with Gasteiger partial charge in [0.05, 0.1) is 18.4 Å². The van der Waals surface area contributed by atoms with Crippen molar-refractivity contribution < 1.29 is 4.79 Å². The first-order valence-electron chi connectivity index (χ1n) is 7.49. The van der Waals surface area contributed by atoms with Crippen molar-refractivity contribution in [2.45, 2.75) is 0 Å². The summed E-state index contributed by atoms with van der Waals surface area (Å²) >= 11 is 0. The molecular weight excluding hydrogens is 294 g/mol. The maximum atomic E-state index is 11.2. The Morgan fingerprint density at radius 2 is 1.78 bits per heavy atom. The first-order valence-corrected chi connectivity index (χ1v) is 7.49. The molecule has 3 N–H and O–H groups in total. The van der Waals surface area contributed by atoms with Crippen LogP contribution in [0.4, 0.5) is 17.5 Å². The lowest BCUT2D eigenvalue weighted by Crippen LogP contribution is -2.47. The second-order valence-electron chi connectivity index (χ2n) is 5.18. The van der Waals surface area contributed by atoms with E-state index in [9.17, 15) is 4.79 Å². The van der Waals surface area contributed by atoms with Crippen LogP contribution in [-0.4, -0.2) is 53.6 Å². The van der Waals surface area contributed by atoms with Crippen molar-refractivity contribution in [1.29, 1.82) is 0 Å². The van der Waals surface area contributed by atoms with Gasteiger partial charge < -0.3 is 20.9 Å². The average Bonchev–Trinajstić information content (AvgIpc) is 2.63. The summed E-state index contributed by atoms with van der Waals surface area (Å²) in [4.78, 5) is 28.6. The van der Waals surface area contributed by atoms with Crippen LogP contribution in [0.5, 0.6) is 0 Å². The molecule has 1 aliphatic heterocycles. The lowest BCUT2D eigenvalue weighted by Gasteiger charge is -2.35. The zero-order valence-electron chi connectivity index (χ0n) is 12.7. The largest absolute Gasteiger partial charge is 0.353 e. The van der Waals surface area contributed by atoms with E-state index in [-0.39, 0.29) is 12.5 Å². The lowest BCUT2D eigenvalue weighted by molar-refractivity contribution is -0.114. The molecule has 3 rings (SSSR count). The summed E-state index contributed by atoms with van der Waals surface area (Å²) in [5.41, 5.74) is 5.93. The minimum Gasteiger partial charge on any atom is -0.353 e. The summed E-state index contributed by atoms with van der Waals surface area (Å²) in [7, 11) is 0. The van der Waals surface area contributed by atoms with Gasteiger partial charge in [0.1, 0.15) is 5.82 Å². The zero-order valence-corrected chi connectivity index (χ0v) is 12.7. The SMILES string of the molecule is NCC(=O)Nc1ccc(N2CCN(c3ncccn3)CC2)nc1. The van der Waals surface area contributed by atoms with Crippen molar-refractivity contribution >= 4 is 23.4 Å². The van der Waals surface area contributed by atoms with Crippen LogP contribution in [0.3, 0.4) is 0 Å². The molecule has 0 aliphatic carbocycles. The minimum atomic E-state index is -0.226. The number of aromatic nitrogens is 3. The summed E-state index contributed by atoms with van der Waals surface area (Å²) in [6.45, 7) is 3.35. The molecule has 0 atom stereocenters. The molecule has 1 saturated heterocycles. The second-order valence-corrected chi connectivity index (χ2v) is 5.18. The van der Waals surface area contributed by atoms with Crippen LogP contribution in [0.1, 0.15) is 0 Å². The van der Waals surface area contributed by atoms with Crippen LogP contribution in [0.25, 0.3) is 0 Å². The van der Waals surface area contributed by atoms with Gasteiger partial charge in [0.15, 0.2) is 0 Å². The molecule has 0 radical (unpaired) electrons. The Hall–Kier alpha value is -2.74. The molecule has 0 aromatic carbocycles. The zero-order chi connectivity index (χ0) is 16.1. The molecule has 120 valence electrons. The second kappa shape index (κ2) is 7.01. The van der Waals surface area contributed by atoms with Crippen molar-refractivity contribution in [1.82, 2.24) is 15.0 Å². The molecule has 8 nitrogen and oxygen atoms in total. The predicted octanol–water partition coefficient (Wildman–Crippen LogP) is 0.0954. The molecule has 0 bridgehead atoms. The molecule has 1 amide bonds. The first-order chi connectivity index (χ1) is 11.3. The number of carbonyl (C=O) groups excluding carboxylic acids is 1. The van der Waals surface area contributed by atoms with E-state index < -0.39 is 0 Å². The predicted molar refractivity (Wildman–Crippen MR) is 88.4 cm³/mol. The molecule has 0 unspecified atom stereocenters. The van der Waals surface area contributed by atoms with Gasteiger partial charge in [-0.15, -0.1) is 0 Å². The summed E-state index contributed by atoms with van der Waals surface area (Å²) in [6, 6.07) is 5.55. The number of hydrogen-bond donors (Lipinski definition) is 2. The standard InChI is InChI=1S/C15H19N7O/c16-10-14(23)20-12-2-3-13(19-11-12)21-6-8-22(9-7-21)15-17-4-1-5-18-15/h1-5,11H,6-10,16H2,(H,20,23). The van der Waals surface area contributed by atoms with Gasteiger partial charge in [0.2, 0.25) is 11.9 Å². The molecule has 2 aromatic heterocycles. The van der Waals surface area contributed by atoms with E-state index in [4.69, 9.17) is 5.73 Å². The van der Waals surface area contributed by atoms with E-state index >= 15 is 0 Å². The Bertz CT molecular complexity index is 639. The van der Waals surface area contributed by atoms with Gasteiger partial charge in [0, 0.05) is 38.6 Å². The van der Waals surface area contributed by atoms with Gasteiger partial charge in [-0.1, -0.05) is 0 Å². The summed E-state index contributed by atoms with van der Waals surface area (Å²) in [6.07, 6.45) is 5.16. The number of pyridine rings is 1. The van der Waals surface area contributed by atoms with Crippen LogP contribution in [0.15, 0.2) is 36.8 Å². The number of nitrogens with zero attached hydrogens (tertiary/aromatic N) is 5. The van der Waals surface area contributed by atoms with Crippen LogP contribution < -0.4 is 20.9 Å². The van der Waals surface area contributed by atoms with Gasteiger partial charge in [-0.2, -0.15) is 0 Å². The molecule has 1 aliphatic rings. The number of nitrogens with one attached hydrogen (secondary N) is 1. The summed E-state index contributed by atoms with van der Waals surface area (Å²) in [5.74, 6) is 1.43. The Morgan fingerprint density at radius 3 is 2.39 bits per heavy atom. The van der Waals surface area contributed by atoms with Crippen LogP contribution in [-0.2, 0) is 4.79 Å². The third-order valence-corrected chi connectivity index (χ3v) is 3.66. The molecule has 0 saturated carbocycles. The van der Waals surface area contributed by atoms with Gasteiger partial charge in [0.25, 0.3) is 0 Å². The molecule has 8 heteroatoms. The van der Waals surface area contributed by atoms with E-state index in [1.54, 1.807) is 18.6 Å². The third kappa shape index (κ3) is 3.72. The number of hydrogen-bond acceptors (Lipinski definition) is 7. The number of carbonyl (C=O) groups is 1. The quantitative estimate of drug-likeness (QED) is 0.825. The Labute approximate surface area is 134 Å². The van der Waals surface area contributed by atoms with Crippen molar-refractivity contribution in [3.8, 4) is 0 Å². The number of amides is 1. The summed E-state index contributed by atoms with van der Waals surface area (Å²) < 4.78 is 0. The van der Waals surface area contributed by atoms with E-state index in [1.165, 1.54) is 0 Å². The fourth-order valence-electron chi connectivity index (χ4n) is 2.45. The highest BCUT2D eigenvalue weighted by Gasteiger charge is 2.19. The van der Waals surface area contributed by atoms with E-state index in [0.29, 0.717) is 5.69 Å². The first kappa shape index (κ1) is 15.2. The topological polar surface area (TPSA) is 100 Å². The number of anilines is 3. The van der Waals surface area contributed by atoms with Gasteiger partial charge in [-0.25, -0.2) is 15.0 Å². The molecule has 0 spiro atoms. The minimum absolute atomic E-state index is 0.0364. The Morgan fingerprint density at radius 1 is 1.09 bits per heavy atom. The van der Waals surface area contributed by atoms with Gasteiger partial charge >= 0.3 is 0 Å². The number of rotatable bonds is 4. The molecule has 2 aromatic rings. The van der Waals surface area contributed by atoms with E-state index in [1.807, 2.05) is 18.2 Å². The Kier molecular flexibility index (Phi) is 4.62. The maximum absolute atomic E-state index is 11.2. The van der Waals surface area contributed by atoms with Crippen LogP contribution >= 0.6 is 0 Å². The van der Waals surface area contributed by atoms with Gasteiger partial charge in [-0.3, -0.25) is 4.79 Å². The summed E-state index contributed by atoms with van der Waals surface area (Å²) in [5, 5.41) is 2.68. The number of nitrogens with two attached hydrogens (primary N) is 1. The highest BCUT2D eigenvalue weighted by atomic mass is 16.1. The fraction of sp³-hybridized carbons (Fsp3) is 0.333. The molecular formula is C15H19N7O. The highest BCUT2D eigenvalue weighted by Crippen LogP contribution is 2.17. The van der Waals surface area contributed by atoms with E-state index in [0.717, 1.165) is 37.9 Å². The van der Waals surface area contributed by atoms with Crippen molar-refractivity contribution in [2.75, 3.05) is 47.8 Å². The smallest absolute Gasteiger partial charge is 0.238 e. The van der Waals surface area contributed by atoms with Crippen molar-refractivity contribution in [3.05, 3.63) is 36.8 Å². The third-order valence-electron chi connectivity index (χ3n) is 3.66. The molecule has 23 heavy (non-hydrogen) atoms. The molecule has 1 fully saturated rings. The average molecular weight is 313 g/mol. The van der Waals surface area contributed by atoms with Crippen LogP contribution in [0, 0.1) is 0 Å². The highest BCUT2D eigenvalue weighted by molar-refractivity contribution is 5.91. The molecule has 3 heterocycles. The normalized spacial score (nSPS) is 14.7. The van der Waals surface area contributed by atoms with Crippen molar-refractivity contribution in [3.63, 3.8) is 0 Å². The van der Waals surface area contributed by atoms with Crippen molar-refractivity contribution in [2.24, 2.45) is 5.73 Å². The lowest BCUT2D eigenvalue weighted by atomic mass is 10.3. The fourth-order valence-corrected chi connectivity index (χ4v) is 2.45.